The number of nitrogens with zero attached hydrogens (tertiary/aromatic N) is 1. The zero-order valence-electron chi connectivity index (χ0n) is 27.3. The van der Waals surface area contributed by atoms with Crippen molar-refractivity contribution in [3.05, 3.63) is 83.9 Å². The summed E-state index contributed by atoms with van der Waals surface area (Å²) < 4.78 is 10.9. The highest BCUT2D eigenvalue weighted by molar-refractivity contribution is 5.95. The van der Waals surface area contributed by atoms with Gasteiger partial charge in [0.25, 0.3) is 0 Å². The Labute approximate surface area is 270 Å². The molecule has 3 atom stereocenters. The van der Waals surface area contributed by atoms with Gasteiger partial charge in [-0.2, -0.15) is 0 Å². The molecule has 3 unspecified atom stereocenters. The first-order chi connectivity index (χ1) is 21.4. The zero-order valence-corrected chi connectivity index (χ0v) is 27.3. The van der Waals surface area contributed by atoms with E-state index in [4.69, 9.17) is 21.6 Å². The first kappa shape index (κ1) is 37.1. The van der Waals surface area contributed by atoms with Crippen molar-refractivity contribution in [1.29, 1.82) is 0 Å². The van der Waals surface area contributed by atoms with E-state index in [0.29, 0.717) is 11.1 Å². The molecule has 0 aliphatic heterocycles. The molecule has 0 saturated heterocycles. The Bertz CT molecular complexity index is 1430. The monoisotopic (exact) mass is 632 g/mol. The number of benzene rings is 2. The molecule has 0 aliphatic rings. The summed E-state index contributed by atoms with van der Waals surface area (Å²) in [6, 6.07) is 11.4. The van der Waals surface area contributed by atoms with Gasteiger partial charge in [-0.25, -0.2) is 9.59 Å². The third-order valence-corrected chi connectivity index (χ3v) is 6.25. The number of nitrogens with one attached hydrogen (secondary N) is 2. The van der Waals surface area contributed by atoms with E-state index in [1.165, 1.54) is 6.08 Å². The van der Waals surface area contributed by atoms with Crippen molar-refractivity contribution in [1.82, 2.24) is 15.5 Å². The summed E-state index contributed by atoms with van der Waals surface area (Å²) in [5.74, 6) is -0.594. The van der Waals surface area contributed by atoms with Gasteiger partial charge in [0.15, 0.2) is 0 Å². The standard InChI is InChI=1S/C35H44N4O7/c1-9-20-39(31(42)26(22-28(36)40)38-33(44)46-35(6,7)8)29(25-18-16-23(10-2)17-19-25)30(41)37-27(32(43)45-34(3,4)5)21-24-14-12-11-13-15-24/h2,9,11-19,26-27,29H,1,20-22H2,3-8H3,(H2,36,40)(H,37,41)(H,38,44). The van der Waals surface area contributed by atoms with E-state index in [9.17, 15) is 24.0 Å². The van der Waals surface area contributed by atoms with Crippen LogP contribution < -0.4 is 16.4 Å². The van der Waals surface area contributed by atoms with Crippen molar-refractivity contribution in [2.45, 2.75) is 83.7 Å². The summed E-state index contributed by atoms with van der Waals surface area (Å²) in [5.41, 5.74) is 5.32. The summed E-state index contributed by atoms with van der Waals surface area (Å²) in [6.45, 7) is 13.6. The molecule has 11 heteroatoms. The maximum Gasteiger partial charge on any atom is 0.408 e. The van der Waals surface area contributed by atoms with Crippen molar-refractivity contribution in [3.8, 4) is 12.3 Å². The molecule has 0 spiro atoms. The van der Waals surface area contributed by atoms with E-state index in [-0.39, 0.29) is 13.0 Å². The van der Waals surface area contributed by atoms with E-state index < -0.39 is 65.5 Å². The molecule has 0 bridgehead atoms. The van der Waals surface area contributed by atoms with E-state index in [2.05, 4.69) is 23.1 Å². The van der Waals surface area contributed by atoms with Crippen LogP contribution in [0.2, 0.25) is 0 Å². The van der Waals surface area contributed by atoms with Crippen LogP contribution in [0.4, 0.5) is 4.79 Å². The molecule has 2 aromatic carbocycles. The molecule has 0 saturated carbocycles. The molecule has 0 fully saturated rings. The number of esters is 1. The average molecular weight is 633 g/mol. The van der Waals surface area contributed by atoms with E-state index in [0.717, 1.165) is 10.5 Å². The minimum Gasteiger partial charge on any atom is -0.458 e. The van der Waals surface area contributed by atoms with Gasteiger partial charge in [-0.3, -0.25) is 14.4 Å². The van der Waals surface area contributed by atoms with Crippen LogP contribution in [-0.2, 0) is 35.1 Å². The molecule has 4 amide bonds. The maximum atomic E-state index is 14.3. The van der Waals surface area contributed by atoms with Crippen molar-refractivity contribution in [3.63, 3.8) is 0 Å². The lowest BCUT2D eigenvalue weighted by atomic mass is 9.99. The van der Waals surface area contributed by atoms with Crippen molar-refractivity contribution in [2.24, 2.45) is 5.73 Å². The van der Waals surface area contributed by atoms with Gasteiger partial charge >= 0.3 is 12.1 Å². The van der Waals surface area contributed by atoms with Gasteiger partial charge in [-0.05, 0) is 64.8 Å². The summed E-state index contributed by atoms with van der Waals surface area (Å²) >= 11 is 0. The quantitative estimate of drug-likeness (QED) is 0.173. The third-order valence-electron chi connectivity index (χ3n) is 6.25. The number of nitrogens with two attached hydrogens (primary N) is 1. The Morgan fingerprint density at radius 2 is 1.50 bits per heavy atom. The second kappa shape index (κ2) is 16.3. The Kier molecular flexibility index (Phi) is 13.1. The number of terminal acetylenes is 1. The fraction of sp³-hybridized carbons (Fsp3) is 0.400. The Morgan fingerprint density at radius 3 is 2.00 bits per heavy atom. The van der Waals surface area contributed by atoms with Gasteiger partial charge in [0.1, 0.15) is 29.3 Å². The van der Waals surface area contributed by atoms with Crippen LogP contribution in [-0.4, -0.2) is 64.5 Å². The highest BCUT2D eigenvalue weighted by atomic mass is 16.6. The van der Waals surface area contributed by atoms with Crippen LogP contribution in [0.5, 0.6) is 0 Å². The number of amides is 4. The van der Waals surface area contributed by atoms with Gasteiger partial charge < -0.3 is 30.7 Å². The van der Waals surface area contributed by atoms with Crippen LogP contribution in [0.1, 0.15) is 70.7 Å². The minimum absolute atomic E-state index is 0.101. The lowest BCUT2D eigenvalue weighted by Crippen LogP contribution is -2.55. The molecular weight excluding hydrogens is 588 g/mol. The lowest BCUT2D eigenvalue weighted by Gasteiger charge is -2.34. The average Bonchev–Trinajstić information content (AvgIpc) is 2.94. The third kappa shape index (κ3) is 12.1. The summed E-state index contributed by atoms with van der Waals surface area (Å²) in [7, 11) is 0. The maximum absolute atomic E-state index is 14.3. The SMILES string of the molecule is C#Cc1ccc(C(C(=O)NC(Cc2ccccc2)C(=O)OC(C)(C)C)N(CC=C)C(=O)C(CC(N)=O)NC(=O)OC(C)(C)C)cc1. The molecular formula is C35H44N4O7. The van der Waals surface area contributed by atoms with Crippen LogP contribution in [0.25, 0.3) is 0 Å². The smallest absolute Gasteiger partial charge is 0.408 e. The number of rotatable bonds is 13. The highest BCUT2D eigenvalue weighted by Gasteiger charge is 2.38. The molecule has 2 aromatic rings. The fourth-order valence-electron chi connectivity index (χ4n) is 4.41. The van der Waals surface area contributed by atoms with Gasteiger partial charge in [0.05, 0.1) is 6.42 Å². The van der Waals surface area contributed by atoms with E-state index in [1.807, 2.05) is 18.2 Å². The van der Waals surface area contributed by atoms with Gasteiger partial charge in [0.2, 0.25) is 17.7 Å². The second-order valence-corrected chi connectivity index (χ2v) is 12.6. The van der Waals surface area contributed by atoms with Crippen molar-refractivity contribution in [2.75, 3.05) is 6.54 Å². The second-order valence-electron chi connectivity index (χ2n) is 12.6. The van der Waals surface area contributed by atoms with E-state index >= 15 is 0 Å². The first-order valence-corrected chi connectivity index (χ1v) is 14.8. The van der Waals surface area contributed by atoms with Crippen LogP contribution in [0.3, 0.4) is 0 Å². The number of hydrogen-bond donors (Lipinski definition) is 3. The number of hydrogen-bond acceptors (Lipinski definition) is 7. The minimum atomic E-state index is -1.49. The van der Waals surface area contributed by atoms with Crippen LogP contribution >= 0.6 is 0 Å². The molecule has 46 heavy (non-hydrogen) atoms. The summed E-state index contributed by atoms with van der Waals surface area (Å²) in [6.07, 6.45) is 5.49. The Hall–Kier alpha value is -5.11. The number of alkyl carbamates (subject to hydrolysis) is 1. The number of carbonyl (C=O) groups is 5. The summed E-state index contributed by atoms with van der Waals surface area (Å²) in [4.78, 5) is 67.5. The fourth-order valence-corrected chi connectivity index (χ4v) is 4.41. The summed E-state index contributed by atoms with van der Waals surface area (Å²) in [5, 5.41) is 5.18. The number of ether oxygens (including phenoxy) is 2. The van der Waals surface area contributed by atoms with Crippen LogP contribution in [0, 0.1) is 12.3 Å². The van der Waals surface area contributed by atoms with E-state index in [1.54, 1.807) is 77.9 Å². The number of primary amides is 1. The molecule has 11 nitrogen and oxygen atoms in total. The molecule has 2 rings (SSSR count). The first-order valence-electron chi connectivity index (χ1n) is 14.8. The largest absolute Gasteiger partial charge is 0.458 e. The Balaban J connectivity index is 2.61. The number of carbonyl (C=O) groups excluding carboxylic acids is 5. The normalized spacial score (nSPS) is 13.2. The molecule has 0 heterocycles. The van der Waals surface area contributed by atoms with Gasteiger partial charge in [-0.15, -0.1) is 13.0 Å². The lowest BCUT2D eigenvalue weighted by molar-refractivity contribution is -0.159. The Morgan fingerprint density at radius 1 is 0.913 bits per heavy atom. The molecule has 0 aromatic heterocycles. The predicted molar refractivity (Wildman–Crippen MR) is 174 cm³/mol. The molecule has 0 aliphatic carbocycles. The molecule has 0 radical (unpaired) electrons. The topological polar surface area (TPSA) is 157 Å². The van der Waals surface area contributed by atoms with Gasteiger partial charge in [-0.1, -0.05) is 54.5 Å². The molecule has 246 valence electrons. The van der Waals surface area contributed by atoms with Crippen molar-refractivity contribution >= 4 is 29.8 Å². The van der Waals surface area contributed by atoms with Gasteiger partial charge in [0, 0.05) is 18.5 Å². The predicted octanol–water partition coefficient (Wildman–Crippen LogP) is 3.56. The van der Waals surface area contributed by atoms with Crippen LogP contribution in [0.15, 0.2) is 67.3 Å². The highest BCUT2D eigenvalue weighted by Crippen LogP contribution is 2.25. The zero-order chi connectivity index (χ0) is 34.7. The molecule has 4 N–H and O–H groups in total. The van der Waals surface area contributed by atoms with Crippen molar-refractivity contribution < 1.29 is 33.4 Å².